The monoisotopic (exact) mass is 310 g/mol. The smallest absolute Gasteiger partial charge is 0.0508 e. The van der Waals surface area contributed by atoms with E-state index in [2.05, 4.69) is 58.3 Å². The van der Waals surface area contributed by atoms with Crippen LogP contribution in [-0.4, -0.2) is 19.6 Å². The van der Waals surface area contributed by atoms with Crippen LogP contribution in [0.3, 0.4) is 0 Å². The number of nitrogens with zero attached hydrogens (tertiary/aromatic N) is 1. The maximum absolute atomic E-state index is 3.69. The van der Waals surface area contributed by atoms with Crippen molar-refractivity contribution < 1.29 is 0 Å². The van der Waals surface area contributed by atoms with Gasteiger partial charge in [0.1, 0.15) is 0 Å². The lowest BCUT2D eigenvalue weighted by molar-refractivity contribution is 0.687. The van der Waals surface area contributed by atoms with Crippen LogP contribution in [0.15, 0.2) is 22.7 Å². The highest BCUT2D eigenvalue weighted by atomic mass is 79.9. The second-order valence-electron chi connectivity index (χ2n) is 5.22. The van der Waals surface area contributed by atoms with Crippen LogP contribution in [0.1, 0.15) is 38.2 Å². The normalized spacial score (nSPS) is 14.8. The molecule has 1 aromatic rings. The Morgan fingerprint density at radius 1 is 1.39 bits per heavy atom. The highest BCUT2D eigenvalue weighted by molar-refractivity contribution is 9.10. The molecular weight excluding hydrogens is 288 g/mol. The summed E-state index contributed by atoms with van der Waals surface area (Å²) in [6, 6.07) is 7.48. The van der Waals surface area contributed by atoms with Crippen molar-refractivity contribution in [3.8, 4) is 0 Å². The van der Waals surface area contributed by atoms with E-state index in [1.807, 2.05) is 0 Å². The molecule has 0 bridgehead atoms. The van der Waals surface area contributed by atoms with Crippen molar-refractivity contribution in [1.82, 2.24) is 5.32 Å². The van der Waals surface area contributed by atoms with E-state index in [0.29, 0.717) is 0 Å². The molecule has 0 aromatic heterocycles. The van der Waals surface area contributed by atoms with Crippen LogP contribution in [0.4, 0.5) is 5.69 Å². The number of halogens is 1. The molecule has 0 heterocycles. The molecule has 0 amide bonds. The summed E-state index contributed by atoms with van der Waals surface area (Å²) in [5, 5.41) is 3.55. The fourth-order valence-electron chi connectivity index (χ4n) is 2.04. The first-order chi connectivity index (χ1) is 8.70. The van der Waals surface area contributed by atoms with Crippen LogP contribution in [0, 0.1) is 0 Å². The third kappa shape index (κ3) is 3.99. The Morgan fingerprint density at radius 3 is 2.78 bits per heavy atom. The molecule has 2 nitrogen and oxygen atoms in total. The lowest BCUT2D eigenvalue weighted by Gasteiger charge is -2.21. The zero-order chi connectivity index (χ0) is 13.0. The van der Waals surface area contributed by atoms with Crippen LogP contribution in [-0.2, 0) is 6.54 Å². The largest absolute Gasteiger partial charge is 0.374 e. The molecule has 0 spiro atoms. The maximum atomic E-state index is 3.69. The molecule has 1 fully saturated rings. The number of hydrogen-bond acceptors (Lipinski definition) is 2. The third-order valence-electron chi connectivity index (χ3n) is 3.44. The highest BCUT2D eigenvalue weighted by Gasteiger charge is 2.20. The Labute approximate surface area is 119 Å². The van der Waals surface area contributed by atoms with Gasteiger partial charge in [0, 0.05) is 30.7 Å². The fourth-order valence-corrected chi connectivity index (χ4v) is 2.76. The van der Waals surface area contributed by atoms with E-state index >= 15 is 0 Å². The van der Waals surface area contributed by atoms with Crippen molar-refractivity contribution in [1.29, 1.82) is 0 Å². The summed E-state index contributed by atoms with van der Waals surface area (Å²) in [6.45, 7) is 4.34. The molecule has 3 heteroatoms. The number of benzene rings is 1. The summed E-state index contributed by atoms with van der Waals surface area (Å²) >= 11 is 3.69. The molecular formula is C15H23BrN2. The second kappa shape index (κ2) is 6.58. The van der Waals surface area contributed by atoms with Gasteiger partial charge in [0.2, 0.25) is 0 Å². The van der Waals surface area contributed by atoms with Gasteiger partial charge in [0.05, 0.1) is 5.69 Å². The summed E-state index contributed by atoms with van der Waals surface area (Å²) in [4.78, 5) is 2.33. The molecule has 1 aromatic carbocycles. The summed E-state index contributed by atoms with van der Waals surface area (Å²) < 4.78 is 1.20. The predicted octanol–water partition coefficient (Wildman–Crippen LogP) is 3.94. The Balaban J connectivity index is 1.94. The first-order valence-electron chi connectivity index (χ1n) is 6.93. The molecule has 1 N–H and O–H groups in total. The maximum Gasteiger partial charge on any atom is 0.0508 e. The molecule has 100 valence electrons. The number of hydrogen-bond donors (Lipinski definition) is 1. The standard InChI is InChI=1S/C15H23BrN2/c1-3-4-9-18(2)15-8-5-12(10-14(15)16)11-17-13-6-7-13/h5,8,10,13,17H,3-4,6-7,9,11H2,1-2H3. The van der Waals surface area contributed by atoms with Gasteiger partial charge in [-0.05, 0) is 52.9 Å². The van der Waals surface area contributed by atoms with Gasteiger partial charge >= 0.3 is 0 Å². The molecule has 1 aliphatic carbocycles. The Kier molecular flexibility index (Phi) is 5.07. The second-order valence-corrected chi connectivity index (χ2v) is 6.07. The summed E-state index contributed by atoms with van der Waals surface area (Å²) in [5.41, 5.74) is 2.65. The average molecular weight is 311 g/mol. The van der Waals surface area contributed by atoms with Gasteiger partial charge in [0.25, 0.3) is 0 Å². The van der Waals surface area contributed by atoms with Crippen LogP contribution in [0.2, 0.25) is 0 Å². The van der Waals surface area contributed by atoms with Crippen molar-refractivity contribution in [2.24, 2.45) is 0 Å². The van der Waals surface area contributed by atoms with Gasteiger partial charge in [-0.25, -0.2) is 0 Å². The molecule has 1 aliphatic rings. The zero-order valence-corrected chi connectivity index (χ0v) is 13.0. The van der Waals surface area contributed by atoms with E-state index in [9.17, 15) is 0 Å². The van der Waals surface area contributed by atoms with E-state index in [0.717, 1.165) is 19.1 Å². The first-order valence-corrected chi connectivity index (χ1v) is 7.73. The van der Waals surface area contributed by atoms with Crippen LogP contribution < -0.4 is 10.2 Å². The van der Waals surface area contributed by atoms with Crippen LogP contribution in [0.25, 0.3) is 0 Å². The summed E-state index contributed by atoms with van der Waals surface area (Å²) in [6.07, 6.45) is 5.18. The van der Waals surface area contributed by atoms with Gasteiger partial charge in [-0.1, -0.05) is 19.4 Å². The van der Waals surface area contributed by atoms with E-state index < -0.39 is 0 Å². The van der Waals surface area contributed by atoms with Gasteiger partial charge in [0.15, 0.2) is 0 Å². The summed E-state index contributed by atoms with van der Waals surface area (Å²) in [5.74, 6) is 0. The predicted molar refractivity (Wildman–Crippen MR) is 82.2 cm³/mol. The lowest BCUT2D eigenvalue weighted by atomic mass is 10.2. The minimum absolute atomic E-state index is 0.774. The van der Waals surface area contributed by atoms with Crippen molar-refractivity contribution in [3.05, 3.63) is 28.2 Å². The number of rotatable bonds is 7. The Bertz CT molecular complexity index is 388. The van der Waals surface area contributed by atoms with Crippen molar-refractivity contribution in [3.63, 3.8) is 0 Å². The van der Waals surface area contributed by atoms with E-state index in [-0.39, 0.29) is 0 Å². The van der Waals surface area contributed by atoms with Gasteiger partial charge in [-0.2, -0.15) is 0 Å². The minimum Gasteiger partial charge on any atom is -0.374 e. The van der Waals surface area contributed by atoms with Crippen LogP contribution >= 0.6 is 15.9 Å². The van der Waals surface area contributed by atoms with Gasteiger partial charge < -0.3 is 10.2 Å². The van der Waals surface area contributed by atoms with E-state index in [4.69, 9.17) is 0 Å². The topological polar surface area (TPSA) is 15.3 Å². The number of unbranched alkanes of at least 4 members (excludes halogenated alkanes) is 1. The Morgan fingerprint density at radius 2 is 2.17 bits per heavy atom. The molecule has 0 unspecified atom stereocenters. The lowest BCUT2D eigenvalue weighted by Crippen LogP contribution is -2.19. The van der Waals surface area contributed by atoms with E-state index in [1.54, 1.807) is 0 Å². The summed E-state index contributed by atoms with van der Waals surface area (Å²) in [7, 11) is 2.16. The first kappa shape index (κ1) is 13.9. The van der Waals surface area contributed by atoms with Gasteiger partial charge in [-0.3, -0.25) is 0 Å². The SMILES string of the molecule is CCCCN(C)c1ccc(CNC2CC2)cc1Br. The molecule has 0 aliphatic heterocycles. The number of anilines is 1. The molecule has 2 rings (SSSR count). The minimum atomic E-state index is 0.774. The van der Waals surface area contributed by atoms with Gasteiger partial charge in [-0.15, -0.1) is 0 Å². The average Bonchev–Trinajstić information content (AvgIpc) is 3.17. The molecule has 1 saturated carbocycles. The molecule has 0 radical (unpaired) electrons. The van der Waals surface area contributed by atoms with Crippen molar-refractivity contribution in [2.45, 2.75) is 45.2 Å². The highest BCUT2D eigenvalue weighted by Crippen LogP contribution is 2.27. The number of nitrogens with one attached hydrogen (secondary N) is 1. The Hall–Kier alpha value is -0.540. The molecule has 18 heavy (non-hydrogen) atoms. The van der Waals surface area contributed by atoms with Crippen molar-refractivity contribution >= 4 is 21.6 Å². The van der Waals surface area contributed by atoms with E-state index in [1.165, 1.54) is 41.4 Å². The molecule has 0 atom stereocenters. The molecule has 0 saturated heterocycles. The fraction of sp³-hybridized carbons (Fsp3) is 0.600. The zero-order valence-electron chi connectivity index (χ0n) is 11.4. The van der Waals surface area contributed by atoms with Crippen molar-refractivity contribution in [2.75, 3.05) is 18.5 Å². The van der Waals surface area contributed by atoms with Crippen LogP contribution in [0.5, 0.6) is 0 Å². The third-order valence-corrected chi connectivity index (χ3v) is 4.08. The quantitative estimate of drug-likeness (QED) is 0.820.